The first-order chi connectivity index (χ1) is 11.8. The van der Waals surface area contributed by atoms with Crippen LogP contribution in [-0.2, 0) is 19.6 Å². The molecule has 1 amide bonds. The molecule has 0 aliphatic carbocycles. The zero-order valence-corrected chi connectivity index (χ0v) is 14.8. The molecule has 0 spiro atoms. The van der Waals surface area contributed by atoms with Crippen molar-refractivity contribution in [2.24, 2.45) is 0 Å². The van der Waals surface area contributed by atoms with Crippen molar-refractivity contribution in [1.82, 2.24) is 9.62 Å². The van der Waals surface area contributed by atoms with Crippen molar-refractivity contribution in [2.45, 2.75) is 62.0 Å². The van der Waals surface area contributed by atoms with Crippen molar-refractivity contribution >= 4 is 21.9 Å². The van der Waals surface area contributed by atoms with E-state index in [0.717, 1.165) is 9.87 Å². The summed E-state index contributed by atoms with van der Waals surface area (Å²) in [5.74, 6) is -1.33. The number of nitrogens with zero attached hydrogens (tertiary/aromatic N) is 1. The minimum absolute atomic E-state index is 0.0818. The van der Waals surface area contributed by atoms with Crippen LogP contribution in [0.5, 0.6) is 0 Å². The van der Waals surface area contributed by atoms with Crippen molar-refractivity contribution < 1.29 is 23.1 Å². The quantitative estimate of drug-likeness (QED) is 0.838. The van der Waals surface area contributed by atoms with Gasteiger partial charge in [0.05, 0.1) is 4.90 Å². The van der Waals surface area contributed by atoms with Gasteiger partial charge in [-0.2, -0.15) is 4.31 Å². The second-order valence-electron chi connectivity index (χ2n) is 6.72. The molecule has 0 saturated carbocycles. The molecule has 0 unspecified atom stereocenters. The summed E-state index contributed by atoms with van der Waals surface area (Å²) in [5.41, 5.74) is 0.922. The predicted octanol–water partition coefficient (Wildman–Crippen LogP) is 1.27. The first-order valence-electron chi connectivity index (χ1n) is 8.43. The Morgan fingerprint density at radius 3 is 2.56 bits per heavy atom. The lowest BCUT2D eigenvalue weighted by molar-refractivity contribution is -0.141. The van der Waals surface area contributed by atoms with Crippen LogP contribution in [0.3, 0.4) is 0 Å². The molecular weight excluding hydrogens is 344 g/mol. The second-order valence-corrected chi connectivity index (χ2v) is 8.57. The number of hydrogen-bond acceptors (Lipinski definition) is 4. The average Bonchev–Trinajstić information content (AvgIpc) is 2.88. The zero-order chi connectivity index (χ0) is 18.2. The Morgan fingerprint density at radius 2 is 1.92 bits per heavy atom. The molecule has 8 heteroatoms. The number of aliphatic carboxylic acids is 1. The van der Waals surface area contributed by atoms with Crippen LogP contribution in [0.25, 0.3) is 0 Å². The standard InChI is InChI=1S/C17H22N2O5S/c1-11-6-8-12(9-7-11)25(23,24)19-14-4-2-3-5-16(20)18-13(14)10-15(19)17(21)22/h6-9,13-15H,2-5,10H2,1H3,(H,18,20)(H,21,22)/t13-,14-,15-/m1/s1. The Labute approximate surface area is 147 Å². The topological polar surface area (TPSA) is 104 Å². The van der Waals surface area contributed by atoms with Crippen LogP contribution < -0.4 is 5.32 Å². The number of rotatable bonds is 3. The van der Waals surface area contributed by atoms with E-state index in [1.165, 1.54) is 12.1 Å². The summed E-state index contributed by atoms with van der Waals surface area (Å²) < 4.78 is 27.4. The lowest BCUT2D eigenvalue weighted by atomic mass is 9.99. The van der Waals surface area contributed by atoms with Crippen LogP contribution in [0.15, 0.2) is 29.2 Å². The molecule has 3 rings (SSSR count). The third-order valence-electron chi connectivity index (χ3n) is 4.96. The maximum atomic E-state index is 13.1. The SMILES string of the molecule is Cc1ccc(S(=O)(=O)N2[C@@H](C(=O)O)C[C@H]3NC(=O)CCCC[C@H]32)cc1. The first-order valence-corrected chi connectivity index (χ1v) is 9.87. The van der Waals surface area contributed by atoms with Gasteiger partial charge in [-0.05, 0) is 38.3 Å². The lowest BCUT2D eigenvalue weighted by Crippen LogP contribution is -2.49. The fourth-order valence-corrected chi connectivity index (χ4v) is 5.54. The van der Waals surface area contributed by atoms with Gasteiger partial charge >= 0.3 is 5.97 Å². The van der Waals surface area contributed by atoms with Crippen LogP contribution in [0.1, 0.15) is 37.7 Å². The molecule has 2 saturated heterocycles. The number of carboxylic acids is 1. The number of aryl methyl sites for hydroxylation is 1. The summed E-state index contributed by atoms with van der Waals surface area (Å²) in [6.45, 7) is 1.85. The van der Waals surface area contributed by atoms with Crippen LogP contribution in [-0.4, -0.2) is 47.8 Å². The molecule has 2 aliphatic heterocycles. The molecule has 25 heavy (non-hydrogen) atoms. The van der Waals surface area contributed by atoms with Crippen molar-refractivity contribution in [3.8, 4) is 0 Å². The zero-order valence-electron chi connectivity index (χ0n) is 14.0. The number of carbonyl (C=O) groups is 2. The van der Waals surface area contributed by atoms with E-state index in [4.69, 9.17) is 0 Å². The molecule has 0 radical (unpaired) electrons. The minimum Gasteiger partial charge on any atom is -0.480 e. The Balaban J connectivity index is 2.01. The lowest BCUT2D eigenvalue weighted by Gasteiger charge is -2.30. The Morgan fingerprint density at radius 1 is 1.24 bits per heavy atom. The van der Waals surface area contributed by atoms with Gasteiger partial charge in [0.25, 0.3) is 0 Å². The third kappa shape index (κ3) is 3.41. The third-order valence-corrected chi connectivity index (χ3v) is 6.91. The van der Waals surface area contributed by atoms with E-state index >= 15 is 0 Å². The summed E-state index contributed by atoms with van der Waals surface area (Å²) in [6, 6.07) is 4.22. The molecule has 2 heterocycles. The van der Waals surface area contributed by atoms with E-state index in [2.05, 4.69) is 5.32 Å². The number of nitrogens with one attached hydrogen (secondary N) is 1. The van der Waals surface area contributed by atoms with Crippen LogP contribution in [0.2, 0.25) is 0 Å². The van der Waals surface area contributed by atoms with Crippen LogP contribution in [0.4, 0.5) is 0 Å². The average molecular weight is 366 g/mol. The number of sulfonamides is 1. The highest BCUT2D eigenvalue weighted by Gasteiger charge is 2.51. The Hall–Kier alpha value is -1.93. The molecule has 2 aliphatic rings. The highest BCUT2D eigenvalue weighted by Crippen LogP contribution is 2.35. The number of carbonyl (C=O) groups excluding carboxylic acids is 1. The molecule has 0 bridgehead atoms. The minimum atomic E-state index is -3.96. The largest absolute Gasteiger partial charge is 0.480 e. The van der Waals surface area contributed by atoms with Gasteiger partial charge in [-0.25, -0.2) is 8.42 Å². The summed E-state index contributed by atoms with van der Waals surface area (Å²) >= 11 is 0. The number of carboxylic acid groups (broad SMARTS) is 1. The maximum Gasteiger partial charge on any atom is 0.322 e. The van der Waals surface area contributed by atoms with E-state index in [9.17, 15) is 23.1 Å². The van der Waals surface area contributed by atoms with Crippen molar-refractivity contribution in [1.29, 1.82) is 0 Å². The summed E-state index contributed by atoms with van der Waals surface area (Å²) in [5, 5.41) is 12.4. The maximum absolute atomic E-state index is 13.1. The second kappa shape index (κ2) is 6.76. The smallest absolute Gasteiger partial charge is 0.322 e. The van der Waals surface area contributed by atoms with Crippen molar-refractivity contribution in [2.75, 3.05) is 0 Å². The fourth-order valence-electron chi connectivity index (χ4n) is 3.70. The van der Waals surface area contributed by atoms with Gasteiger partial charge in [-0.15, -0.1) is 0 Å². The van der Waals surface area contributed by atoms with Gasteiger partial charge in [0.1, 0.15) is 6.04 Å². The predicted molar refractivity (Wildman–Crippen MR) is 90.4 cm³/mol. The van der Waals surface area contributed by atoms with E-state index in [1.54, 1.807) is 12.1 Å². The summed E-state index contributed by atoms with van der Waals surface area (Å²) in [6.07, 6.45) is 2.40. The normalized spacial score (nSPS) is 27.9. The first kappa shape index (κ1) is 17.9. The number of fused-ring (bicyclic) bond motifs is 1. The van der Waals surface area contributed by atoms with Crippen molar-refractivity contribution in [3.63, 3.8) is 0 Å². The molecule has 136 valence electrons. The van der Waals surface area contributed by atoms with Crippen LogP contribution in [0, 0.1) is 6.92 Å². The molecule has 7 nitrogen and oxygen atoms in total. The molecule has 3 atom stereocenters. The molecule has 1 aromatic rings. The van der Waals surface area contributed by atoms with Gasteiger partial charge in [-0.1, -0.05) is 24.1 Å². The van der Waals surface area contributed by atoms with E-state index < -0.39 is 34.1 Å². The highest BCUT2D eigenvalue weighted by atomic mass is 32.2. The van der Waals surface area contributed by atoms with E-state index in [0.29, 0.717) is 25.7 Å². The monoisotopic (exact) mass is 366 g/mol. The van der Waals surface area contributed by atoms with Gasteiger partial charge in [0, 0.05) is 18.5 Å². The summed E-state index contributed by atoms with van der Waals surface area (Å²) in [4.78, 5) is 23.7. The van der Waals surface area contributed by atoms with Gasteiger partial charge < -0.3 is 10.4 Å². The van der Waals surface area contributed by atoms with E-state index in [-0.39, 0.29) is 17.2 Å². The number of amides is 1. The molecular formula is C17H22N2O5S. The summed E-state index contributed by atoms with van der Waals surface area (Å²) in [7, 11) is -3.96. The number of benzene rings is 1. The van der Waals surface area contributed by atoms with Gasteiger partial charge in [0.2, 0.25) is 15.9 Å². The van der Waals surface area contributed by atoms with Crippen molar-refractivity contribution in [3.05, 3.63) is 29.8 Å². The molecule has 0 aromatic heterocycles. The fraction of sp³-hybridized carbons (Fsp3) is 0.529. The molecule has 1 aromatic carbocycles. The van der Waals surface area contributed by atoms with Gasteiger partial charge in [0.15, 0.2) is 0 Å². The van der Waals surface area contributed by atoms with Crippen LogP contribution >= 0.6 is 0 Å². The number of hydrogen-bond donors (Lipinski definition) is 2. The molecule has 2 fully saturated rings. The highest BCUT2D eigenvalue weighted by molar-refractivity contribution is 7.89. The van der Waals surface area contributed by atoms with E-state index in [1.807, 2.05) is 6.92 Å². The Bertz CT molecular complexity index is 775. The Kier molecular flexibility index (Phi) is 4.83. The van der Waals surface area contributed by atoms with Gasteiger partial charge in [-0.3, -0.25) is 9.59 Å². The molecule has 2 N–H and O–H groups in total.